The molecule has 0 amide bonds. The Bertz CT molecular complexity index is 558. The van der Waals surface area contributed by atoms with Crippen LogP contribution in [0, 0.1) is 0 Å². The number of pyridine rings is 1. The summed E-state index contributed by atoms with van der Waals surface area (Å²) in [6, 6.07) is 4.98. The van der Waals surface area contributed by atoms with Gasteiger partial charge in [-0.05, 0) is 43.3 Å². The second kappa shape index (κ2) is 7.23. The summed E-state index contributed by atoms with van der Waals surface area (Å²) < 4.78 is 1.34. The highest BCUT2D eigenvalue weighted by molar-refractivity contribution is 7.17. The first-order chi connectivity index (χ1) is 10.4. The Morgan fingerprint density at radius 2 is 2.00 bits per heavy atom. The average molecular weight is 303 g/mol. The monoisotopic (exact) mass is 303 g/mol. The van der Waals surface area contributed by atoms with Gasteiger partial charge < -0.3 is 10.6 Å². The van der Waals surface area contributed by atoms with Crippen LogP contribution in [0.2, 0.25) is 0 Å². The van der Waals surface area contributed by atoms with E-state index in [-0.39, 0.29) is 0 Å². The molecule has 0 atom stereocenters. The van der Waals surface area contributed by atoms with Crippen molar-refractivity contribution in [1.29, 1.82) is 0 Å². The van der Waals surface area contributed by atoms with Crippen molar-refractivity contribution < 1.29 is 0 Å². The molecule has 21 heavy (non-hydrogen) atoms. The normalized spacial score (nSPS) is 17.0. The molecule has 3 nitrogen and oxygen atoms in total. The highest BCUT2D eigenvalue weighted by Crippen LogP contribution is 2.32. The number of hydrogen-bond acceptors (Lipinski definition) is 4. The van der Waals surface area contributed by atoms with Gasteiger partial charge in [0, 0.05) is 28.9 Å². The lowest BCUT2D eigenvalue weighted by molar-refractivity contribution is 0.516. The first-order valence-corrected chi connectivity index (χ1v) is 9.07. The van der Waals surface area contributed by atoms with Crippen molar-refractivity contribution in [1.82, 2.24) is 4.98 Å². The Labute approximate surface area is 131 Å². The van der Waals surface area contributed by atoms with Crippen molar-refractivity contribution in [3.05, 3.63) is 23.7 Å². The molecule has 0 spiro atoms. The molecule has 0 aromatic carbocycles. The third-order valence-electron chi connectivity index (χ3n) is 4.50. The molecule has 0 bridgehead atoms. The highest BCUT2D eigenvalue weighted by Gasteiger charge is 2.22. The Kier molecular flexibility index (Phi) is 5.09. The van der Waals surface area contributed by atoms with E-state index in [1.165, 1.54) is 54.4 Å². The molecule has 1 saturated carbocycles. The van der Waals surface area contributed by atoms with Gasteiger partial charge >= 0.3 is 0 Å². The van der Waals surface area contributed by atoms with E-state index in [2.05, 4.69) is 22.4 Å². The van der Waals surface area contributed by atoms with Gasteiger partial charge in [-0.2, -0.15) is 0 Å². The predicted octanol–water partition coefficient (Wildman–Crippen LogP) is 4.17. The summed E-state index contributed by atoms with van der Waals surface area (Å²) in [5, 5.41) is 3.48. The number of aromatic nitrogens is 1. The number of thiophene rings is 1. The number of anilines is 1. The Morgan fingerprint density at radius 1 is 1.19 bits per heavy atom. The van der Waals surface area contributed by atoms with E-state index in [1.54, 1.807) is 11.3 Å². The maximum Gasteiger partial charge on any atom is 0.137 e. The van der Waals surface area contributed by atoms with Crippen LogP contribution < -0.4 is 10.6 Å². The van der Waals surface area contributed by atoms with Crippen LogP contribution in [0.15, 0.2) is 23.7 Å². The molecule has 1 aliphatic carbocycles. The fraction of sp³-hybridized carbons (Fsp3) is 0.588. The zero-order chi connectivity index (χ0) is 14.5. The van der Waals surface area contributed by atoms with Crippen LogP contribution in [0.4, 0.5) is 5.82 Å². The fourth-order valence-electron chi connectivity index (χ4n) is 3.40. The minimum atomic E-state index is 0.636. The summed E-state index contributed by atoms with van der Waals surface area (Å²) in [5.74, 6) is 1.18. The minimum Gasteiger partial charge on any atom is -0.353 e. The van der Waals surface area contributed by atoms with Gasteiger partial charge in [0.05, 0.1) is 0 Å². The first-order valence-electron chi connectivity index (χ1n) is 8.19. The van der Waals surface area contributed by atoms with Gasteiger partial charge in [0.1, 0.15) is 5.82 Å². The SMILES string of the molecule is NCCCN(c1nccc2sccc12)C1CCCCCC1. The maximum absolute atomic E-state index is 5.76. The standard InChI is InChI=1S/C17H25N3S/c18-10-5-12-20(14-6-3-1-2-4-7-14)17-15-9-13-21-16(15)8-11-19-17/h8-9,11,13-14H,1-7,10,12,18H2. The van der Waals surface area contributed by atoms with Crippen LogP contribution in [-0.2, 0) is 0 Å². The smallest absolute Gasteiger partial charge is 0.137 e. The van der Waals surface area contributed by atoms with Gasteiger partial charge in [-0.15, -0.1) is 11.3 Å². The van der Waals surface area contributed by atoms with Crippen molar-refractivity contribution >= 4 is 27.2 Å². The predicted molar refractivity (Wildman–Crippen MR) is 92.1 cm³/mol. The van der Waals surface area contributed by atoms with Crippen LogP contribution in [0.25, 0.3) is 10.1 Å². The lowest BCUT2D eigenvalue weighted by Gasteiger charge is -2.33. The summed E-state index contributed by atoms with van der Waals surface area (Å²) in [6.45, 7) is 1.78. The van der Waals surface area contributed by atoms with Gasteiger partial charge in [0.25, 0.3) is 0 Å². The van der Waals surface area contributed by atoms with Crippen molar-refractivity contribution in [3.63, 3.8) is 0 Å². The van der Waals surface area contributed by atoms with Crippen molar-refractivity contribution in [2.45, 2.75) is 51.0 Å². The number of fused-ring (bicyclic) bond motifs is 1. The number of rotatable bonds is 5. The quantitative estimate of drug-likeness (QED) is 0.843. The molecular weight excluding hydrogens is 278 g/mol. The van der Waals surface area contributed by atoms with Gasteiger partial charge in [0.15, 0.2) is 0 Å². The molecule has 0 aliphatic heterocycles. The number of nitrogens with zero attached hydrogens (tertiary/aromatic N) is 2. The summed E-state index contributed by atoms with van der Waals surface area (Å²) in [5.41, 5.74) is 5.76. The van der Waals surface area contributed by atoms with Gasteiger partial charge in [-0.25, -0.2) is 4.98 Å². The van der Waals surface area contributed by atoms with Crippen LogP contribution in [0.3, 0.4) is 0 Å². The Hall–Kier alpha value is -1.13. The summed E-state index contributed by atoms with van der Waals surface area (Å²) in [6.07, 6.45) is 11.1. The third kappa shape index (κ3) is 3.38. The lowest BCUT2D eigenvalue weighted by atomic mass is 10.1. The van der Waals surface area contributed by atoms with Crippen molar-refractivity contribution in [2.24, 2.45) is 5.73 Å². The Balaban J connectivity index is 1.92. The fourth-order valence-corrected chi connectivity index (χ4v) is 4.18. The topological polar surface area (TPSA) is 42.1 Å². The van der Waals surface area contributed by atoms with Gasteiger partial charge in [0.2, 0.25) is 0 Å². The molecule has 2 heterocycles. The molecule has 1 fully saturated rings. The van der Waals surface area contributed by atoms with Crippen molar-refractivity contribution in [3.8, 4) is 0 Å². The molecule has 4 heteroatoms. The maximum atomic E-state index is 5.76. The number of hydrogen-bond donors (Lipinski definition) is 1. The van der Waals surface area contributed by atoms with E-state index >= 15 is 0 Å². The molecule has 0 unspecified atom stereocenters. The molecule has 114 valence electrons. The second-order valence-corrected chi connectivity index (χ2v) is 6.90. The molecule has 2 N–H and O–H groups in total. The summed E-state index contributed by atoms with van der Waals surface area (Å²) in [7, 11) is 0. The van der Waals surface area contributed by atoms with E-state index in [1.807, 2.05) is 6.20 Å². The van der Waals surface area contributed by atoms with Crippen LogP contribution in [0.1, 0.15) is 44.9 Å². The average Bonchev–Trinajstić information content (AvgIpc) is 2.84. The molecule has 1 aliphatic rings. The Morgan fingerprint density at radius 3 is 2.76 bits per heavy atom. The van der Waals surface area contributed by atoms with E-state index in [4.69, 9.17) is 10.7 Å². The van der Waals surface area contributed by atoms with Crippen LogP contribution in [-0.4, -0.2) is 24.1 Å². The third-order valence-corrected chi connectivity index (χ3v) is 5.38. The minimum absolute atomic E-state index is 0.636. The highest BCUT2D eigenvalue weighted by atomic mass is 32.1. The molecule has 2 aromatic heterocycles. The van der Waals surface area contributed by atoms with Gasteiger partial charge in [-0.1, -0.05) is 25.7 Å². The first kappa shape index (κ1) is 14.8. The molecule has 0 radical (unpaired) electrons. The van der Waals surface area contributed by atoms with E-state index in [0.29, 0.717) is 6.04 Å². The molecule has 2 aromatic rings. The number of nitrogens with two attached hydrogens (primary N) is 1. The molecular formula is C17H25N3S. The zero-order valence-electron chi connectivity index (χ0n) is 12.6. The van der Waals surface area contributed by atoms with Gasteiger partial charge in [-0.3, -0.25) is 0 Å². The second-order valence-electron chi connectivity index (χ2n) is 5.95. The molecule has 0 saturated heterocycles. The van der Waals surface area contributed by atoms with E-state index < -0.39 is 0 Å². The van der Waals surface area contributed by atoms with E-state index in [9.17, 15) is 0 Å². The van der Waals surface area contributed by atoms with Crippen LogP contribution >= 0.6 is 11.3 Å². The zero-order valence-corrected chi connectivity index (χ0v) is 13.4. The van der Waals surface area contributed by atoms with E-state index in [0.717, 1.165) is 19.5 Å². The largest absolute Gasteiger partial charge is 0.353 e. The summed E-state index contributed by atoms with van der Waals surface area (Å²) >= 11 is 1.80. The lowest BCUT2D eigenvalue weighted by Crippen LogP contribution is -2.37. The van der Waals surface area contributed by atoms with Crippen LogP contribution in [0.5, 0.6) is 0 Å². The van der Waals surface area contributed by atoms with Crippen molar-refractivity contribution in [2.75, 3.05) is 18.0 Å². The molecule has 3 rings (SSSR count). The summed E-state index contributed by atoms with van der Waals surface area (Å²) in [4.78, 5) is 7.28.